The zero-order chi connectivity index (χ0) is 14.2. The lowest BCUT2D eigenvalue weighted by Gasteiger charge is -2.20. The van der Waals surface area contributed by atoms with E-state index in [2.05, 4.69) is 26.9 Å². The van der Waals surface area contributed by atoms with E-state index in [1.165, 1.54) is 10.4 Å². The average molecular weight is 318 g/mol. The molecule has 4 rings (SSSR count). The largest absolute Gasteiger partial charge is 0.337 e. The van der Waals surface area contributed by atoms with Crippen LogP contribution in [0, 0.1) is 0 Å². The van der Waals surface area contributed by atoms with Gasteiger partial charge in [0.2, 0.25) is 11.7 Å². The number of thiophene rings is 1. The number of hydrogen-bond donors (Lipinski definition) is 1. The Morgan fingerprint density at radius 2 is 2.29 bits per heavy atom. The van der Waals surface area contributed by atoms with Gasteiger partial charge in [-0.1, -0.05) is 28.9 Å². The molecule has 4 nitrogen and oxygen atoms in total. The molecule has 3 heterocycles. The average Bonchev–Trinajstić information content (AvgIpc) is 3.16. The van der Waals surface area contributed by atoms with Gasteiger partial charge in [0.25, 0.3) is 0 Å². The van der Waals surface area contributed by atoms with Crippen molar-refractivity contribution in [2.75, 3.05) is 6.54 Å². The number of fused-ring (bicyclic) bond motifs is 1. The van der Waals surface area contributed by atoms with E-state index in [-0.39, 0.29) is 6.04 Å². The van der Waals surface area contributed by atoms with E-state index in [1.807, 2.05) is 24.3 Å². The van der Waals surface area contributed by atoms with Gasteiger partial charge in [-0.2, -0.15) is 4.98 Å². The van der Waals surface area contributed by atoms with Crippen molar-refractivity contribution < 1.29 is 4.52 Å². The van der Waals surface area contributed by atoms with Crippen LogP contribution in [-0.2, 0) is 6.42 Å². The van der Waals surface area contributed by atoms with Gasteiger partial charge < -0.3 is 9.84 Å². The quantitative estimate of drug-likeness (QED) is 0.783. The summed E-state index contributed by atoms with van der Waals surface area (Å²) in [5.41, 5.74) is 2.10. The van der Waals surface area contributed by atoms with Gasteiger partial charge in [-0.3, -0.25) is 0 Å². The molecular weight excluding hydrogens is 306 g/mol. The molecule has 1 aliphatic heterocycles. The highest BCUT2D eigenvalue weighted by Gasteiger charge is 2.27. The third-order valence-electron chi connectivity index (χ3n) is 3.56. The van der Waals surface area contributed by atoms with Gasteiger partial charge in [-0.25, -0.2) is 0 Å². The molecule has 0 spiro atoms. The van der Waals surface area contributed by atoms with Crippen LogP contribution in [-0.4, -0.2) is 16.7 Å². The minimum Gasteiger partial charge on any atom is -0.337 e. The summed E-state index contributed by atoms with van der Waals surface area (Å²) in [5, 5.41) is 10.3. The summed E-state index contributed by atoms with van der Waals surface area (Å²) in [6, 6.07) is 9.57. The molecule has 0 aliphatic carbocycles. The molecule has 3 aromatic rings. The number of halogens is 1. The summed E-state index contributed by atoms with van der Waals surface area (Å²) in [4.78, 5) is 5.92. The van der Waals surface area contributed by atoms with Crippen molar-refractivity contribution in [2.24, 2.45) is 0 Å². The number of benzene rings is 1. The van der Waals surface area contributed by atoms with Gasteiger partial charge in [0, 0.05) is 22.0 Å². The van der Waals surface area contributed by atoms with Crippen molar-refractivity contribution in [3.63, 3.8) is 0 Å². The molecule has 1 N–H and O–H groups in total. The molecule has 1 atom stereocenters. The van der Waals surface area contributed by atoms with Crippen molar-refractivity contribution in [1.29, 1.82) is 0 Å². The van der Waals surface area contributed by atoms with Crippen LogP contribution in [0.2, 0.25) is 5.02 Å². The number of hydrogen-bond acceptors (Lipinski definition) is 5. The Kier molecular flexibility index (Phi) is 3.25. The highest BCUT2D eigenvalue weighted by Crippen LogP contribution is 2.32. The molecule has 1 unspecified atom stereocenters. The fourth-order valence-corrected chi connectivity index (χ4v) is 3.68. The number of aromatic nitrogens is 2. The van der Waals surface area contributed by atoms with Gasteiger partial charge in [-0.15, -0.1) is 11.3 Å². The van der Waals surface area contributed by atoms with Crippen LogP contribution in [0.4, 0.5) is 0 Å². The van der Waals surface area contributed by atoms with E-state index < -0.39 is 0 Å². The number of rotatable bonds is 2. The third-order valence-corrected chi connectivity index (χ3v) is 4.79. The molecule has 106 valence electrons. The topological polar surface area (TPSA) is 51.0 Å². The van der Waals surface area contributed by atoms with Crippen LogP contribution in [0.1, 0.15) is 22.4 Å². The highest BCUT2D eigenvalue weighted by atomic mass is 35.5. The first-order valence-corrected chi connectivity index (χ1v) is 7.96. The molecule has 0 saturated heterocycles. The van der Waals surface area contributed by atoms with Gasteiger partial charge >= 0.3 is 0 Å². The fraction of sp³-hybridized carbons (Fsp3) is 0.200. The molecule has 21 heavy (non-hydrogen) atoms. The Labute approximate surface area is 130 Å². The SMILES string of the molecule is Clc1cccc(-c2noc(C3NCCc4sccc43)n2)c1. The van der Waals surface area contributed by atoms with Crippen LogP contribution in [0.5, 0.6) is 0 Å². The predicted molar refractivity (Wildman–Crippen MR) is 82.6 cm³/mol. The Bertz CT molecular complexity index is 783. The predicted octanol–water partition coefficient (Wildman–Crippen LogP) is 3.69. The van der Waals surface area contributed by atoms with Crippen molar-refractivity contribution in [2.45, 2.75) is 12.5 Å². The number of nitrogens with zero attached hydrogens (tertiary/aromatic N) is 2. The van der Waals surface area contributed by atoms with E-state index in [0.717, 1.165) is 18.5 Å². The lowest BCUT2D eigenvalue weighted by Crippen LogP contribution is -2.29. The van der Waals surface area contributed by atoms with Crippen LogP contribution in [0.3, 0.4) is 0 Å². The van der Waals surface area contributed by atoms with E-state index in [4.69, 9.17) is 16.1 Å². The molecule has 0 saturated carbocycles. The highest BCUT2D eigenvalue weighted by molar-refractivity contribution is 7.10. The summed E-state index contributed by atoms with van der Waals surface area (Å²) in [6.07, 6.45) is 1.05. The van der Waals surface area contributed by atoms with Crippen LogP contribution in [0.25, 0.3) is 11.4 Å². The zero-order valence-corrected chi connectivity index (χ0v) is 12.6. The minimum atomic E-state index is -0.0135. The summed E-state index contributed by atoms with van der Waals surface area (Å²) in [6.45, 7) is 0.924. The first-order chi connectivity index (χ1) is 10.3. The third kappa shape index (κ3) is 2.37. The lowest BCUT2D eigenvalue weighted by molar-refractivity contribution is 0.344. The fourth-order valence-electron chi connectivity index (χ4n) is 2.57. The van der Waals surface area contributed by atoms with Gasteiger partial charge in [-0.05, 0) is 35.6 Å². The molecule has 0 bridgehead atoms. The smallest absolute Gasteiger partial charge is 0.248 e. The Hall–Kier alpha value is -1.69. The molecule has 1 aliphatic rings. The van der Waals surface area contributed by atoms with E-state index >= 15 is 0 Å². The summed E-state index contributed by atoms with van der Waals surface area (Å²) in [5.74, 6) is 1.17. The van der Waals surface area contributed by atoms with Crippen molar-refractivity contribution >= 4 is 22.9 Å². The minimum absolute atomic E-state index is 0.0135. The second kappa shape index (κ2) is 5.26. The monoisotopic (exact) mass is 317 g/mol. The molecule has 6 heteroatoms. The molecule has 0 fully saturated rings. The van der Waals surface area contributed by atoms with E-state index in [1.54, 1.807) is 11.3 Å². The van der Waals surface area contributed by atoms with Crippen LogP contribution >= 0.6 is 22.9 Å². The van der Waals surface area contributed by atoms with E-state index in [0.29, 0.717) is 16.7 Å². The van der Waals surface area contributed by atoms with Crippen molar-refractivity contribution in [3.8, 4) is 11.4 Å². The summed E-state index contributed by atoms with van der Waals surface area (Å²) >= 11 is 7.79. The lowest BCUT2D eigenvalue weighted by atomic mass is 10.0. The maximum Gasteiger partial charge on any atom is 0.248 e. The summed E-state index contributed by atoms with van der Waals surface area (Å²) < 4.78 is 5.46. The van der Waals surface area contributed by atoms with Gasteiger partial charge in [0.1, 0.15) is 6.04 Å². The molecule has 2 aromatic heterocycles. The maximum atomic E-state index is 6.01. The van der Waals surface area contributed by atoms with Gasteiger partial charge in [0.05, 0.1) is 0 Å². The zero-order valence-electron chi connectivity index (χ0n) is 11.0. The molecule has 0 radical (unpaired) electrons. The Balaban J connectivity index is 1.70. The summed E-state index contributed by atoms with van der Waals surface area (Å²) in [7, 11) is 0. The van der Waals surface area contributed by atoms with Crippen molar-refractivity contribution in [3.05, 3.63) is 57.1 Å². The molecular formula is C15H12ClN3OS. The normalized spacial score (nSPS) is 17.7. The standard InChI is InChI=1S/C15H12ClN3OS/c16-10-3-1-2-9(8-10)14-18-15(20-19-14)13-11-5-7-21-12(11)4-6-17-13/h1-3,5,7-8,13,17H,4,6H2. The van der Waals surface area contributed by atoms with Crippen molar-refractivity contribution in [1.82, 2.24) is 15.5 Å². The second-order valence-electron chi connectivity index (χ2n) is 4.90. The second-order valence-corrected chi connectivity index (χ2v) is 6.34. The Morgan fingerprint density at radius 3 is 3.19 bits per heavy atom. The van der Waals surface area contributed by atoms with Crippen LogP contribution < -0.4 is 5.32 Å². The first-order valence-electron chi connectivity index (χ1n) is 6.70. The first kappa shape index (κ1) is 13.0. The van der Waals surface area contributed by atoms with E-state index in [9.17, 15) is 0 Å². The molecule has 0 amide bonds. The molecule has 1 aromatic carbocycles. The van der Waals surface area contributed by atoms with Gasteiger partial charge in [0.15, 0.2) is 0 Å². The van der Waals surface area contributed by atoms with Crippen LogP contribution in [0.15, 0.2) is 40.2 Å². The maximum absolute atomic E-state index is 6.01. The number of nitrogens with one attached hydrogen (secondary N) is 1. The Morgan fingerprint density at radius 1 is 1.33 bits per heavy atom.